The molecule has 0 bridgehead atoms. The number of nitrogens with zero attached hydrogens (tertiary/aromatic N) is 1. The maximum Gasteiger partial charge on any atom is 0.274 e. The number of carbonyl (C=O) groups is 2. The number of amides is 2. The second kappa shape index (κ2) is 7.38. The summed E-state index contributed by atoms with van der Waals surface area (Å²) in [6, 6.07) is 14.5. The second-order valence-corrected chi connectivity index (χ2v) is 6.70. The van der Waals surface area contributed by atoms with Crippen molar-refractivity contribution in [2.45, 2.75) is 12.6 Å². The van der Waals surface area contributed by atoms with Gasteiger partial charge in [-0.15, -0.1) is 0 Å². The van der Waals surface area contributed by atoms with E-state index in [0.29, 0.717) is 31.1 Å². The lowest BCUT2D eigenvalue weighted by atomic mass is 10.0. The number of fused-ring (bicyclic) bond motifs is 1. The van der Waals surface area contributed by atoms with Gasteiger partial charge in [-0.3, -0.25) is 14.8 Å². The highest BCUT2D eigenvalue weighted by atomic mass is 16.5. The Morgan fingerprint density at radius 2 is 1.85 bits per heavy atom. The van der Waals surface area contributed by atoms with E-state index < -0.39 is 5.91 Å². The van der Waals surface area contributed by atoms with Crippen molar-refractivity contribution >= 4 is 11.8 Å². The Morgan fingerprint density at radius 1 is 1.07 bits per heavy atom. The first-order valence-corrected chi connectivity index (χ1v) is 8.80. The summed E-state index contributed by atoms with van der Waals surface area (Å²) >= 11 is 0. The molecular weight excluding hydrogens is 348 g/mol. The summed E-state index contributed by atoms with van der Waals surface area (Å²) in [5.41, 5.74) is 3.72. The molecule has 2 amide bonds. The van der Waals surface area contributed by atoms with Gasteiger partial charge in [0.05, 0.1) is 31.7 Å². The molecule has 2 aliphatic rings. The Morgan fingerprint density at radius 3 is 2.52 bits per heavy atom. The molecular formula is C20H20N2O5. The van der Waals surface area contributed by atoms with Gasteiger partial charge >= 0.3 is 0 Å². The highest BCUT2D eigenvalue weighted by molar-refractivity contribution is 5.93. The van der Waals surface area contributed by atoms with Crippen LogP contribution in [0.15, 0.2) is 48.5 Å². The van der Waals surface area contributed by atoms with Crippen LogP contribution in [-0.2, 0) is 16.1 Å². The number of nitrogens with one attached hydrogen (secondary N) is 1. The molecule has 1 saturated heterocycles. The predicted molar refractivity (Wildman–Crippen MR) is 95.2 cm³/mol. The van der Waals surface area contributed by atoms with Crippen LogP contribution < -0.4 is 10.2 Å². The lowest BCUT2D eigenvalue weighted by molar-refractivity contribution is -0.153. The molecule has 0 radical (unpaired) electrons. The molecule has 2 N–H and O–H groups in total. The minimum absolute atomic E-state index is 0.0451. The van der Waals surface area contributed by atoms with Gasteiger partial charge in [0.25, 0.3) is 5.91 Å². The zero-order valence-electron chi connectivity index (χ0n) is 14.6. The maximum absolute atomic E-state index is 13.0. The molecule has 0 saturated carbocycles. The third-order valence-corrected chi connectivity index (χ3v) is 5.00. The first-order valence-electron chi connectivity index (χ1n) is 8.80. The highest BCUT2D eigenvalue weighted by Gasteiger charge is 2.36. The number of hydroxylamine groups is 1. The van der Waals surface area contributed by atoms with Gasteiger partial charge in [-0.1, -0.05) is 36.4 Å². The van der Waals surface area contributed by atoms with Crippen molar-refractivity contribution in [2.24, 2.45) is 5.92 Å². The number of hydrogen-bond acceptors (Lipinski definition) is 5. The Hall–Kier alpha value is -2.90. The van der Waals surface area contributed by atoms with Crippen molar-refractivity contribution in [3.8, 4) is 5.75 Å². The Labute approximate surface area is 156 Å². The van der Waals surface area contributed by atoms with E-state index in [2.05, 4.69) is 0 Å². The molecule has 7 nitrogen and oxygen atoms in total. The van der Waals surface area contributed by atoms with E-state index in [1.165, 1.54) is 0 Å². The average Bonchev–Trinajstić information content (AvgIpc) is 2.85. The van der Waals surface area contributed by atoms with Crippen molar-refractivity contribution in [2.75, 3.05) is 19.8 Å². The SMILES string of the molecule is O=C(NO)c1ccc2c(c1)OCC(c1ccccc1)N(C(=O)C1COC1)C2. The Kier molecular flexibility index (Phi) is 4.79. The first-order chi connectivity index (χ1) is 13.2. The monoisotopic (exact) mass is 368 g/mol. The summed E-state index contributed by atoms with van der Waals surface area (Å²) in [6.07, 6.45) is 0. The number of ether oxygens (including phenoxy) is 2. The molecule has 1 unspecified atom stereocenters. The van der Waals surface area contributed by atoms with Crippen LogP contribution in [0.1, 0.15) is 27.5 Å². The van der Waals surface area contributed by atoms with Crippen LogP contribution in [0, 0.1) is 5.92 Å². The molecule has 0 spiro atoms. The van der Waals surface area contributed by atoms with E-state index in [1.807, 2.05) is 35.2 Å². The van der Waals surface area contributed by atoms with Gasteiger partial charge in [-0.25, -0.2) is 5.48 Å². The van der Waals surface area contributed by atoms with Crippen LogP contribution in [0.4, 0.5) is 0 Å². The molecule has 27 heavy (non-hydrogen) atoms. The molecule has 2 aromatic rings. The van der Waals surface area contributed by atoms with Crippen LogP contribution in [0.25, 0.3) is 0 Å². The van der Waals surface area contributed by atoms with Crippen molar-refractivity contribution in [1.29, 1.82) is 0 Å². The van der Waals surface area contributed by atoms with Crippen molar-refractivity contribution in [1.82, 2.24) is 10.4 Å². The summed E-state index contributed by atoms with van der Waals surface area (Å²) in [7, 11) is 0. The van der Waals surface area contributed by atoms with Gasteiger partial charge in [0, 0.05) is 11.1 Å². The summed E-state index contributed by atoms with van der Waals surface area (Å²) in [6.45, 7) is 1.55. The minimum Gasteiger partial charge on any atom is -0.491 e. The van der Waals surface area contributed by atoms with Crippen molar-refractivity contribution in [3.05, 3.63) is 65.2 Å². The van der Waals surface area contributed by atoms with Crippen molar-refractivity contribution in [3.63, 3.8) is 0 Å². The lowest BCUT2D eigenvalue weighted by Gasteiger charge is -2.35. The zero-order valence-corrected chi connectivity index (χ0v) is 14.6. The molecule has 1 atom stereocenters. The molecule has 0 aliphatic carbocycles. The quantitative estimate of drug-likeness (QED) is 0.638. The van der Waals surface area contributed by atoms with Crippen LogP contribution in [0.5, 0.6) is 5.75 Å². The summed E-state index contributed by atoms with van der Waals surface area (Å²) in [4.78, 5) is 26.6. The van der Waals surface area contributed by atoms with Gasteiger partial charge in [0.15, 0.2) is 0 Å². The molecule has 4 rings (SSSR count). The standard InChI is InChI=1S/C20H20N2O5/c23-19(21-25)14-6-7-15-9-22(20(24)16-10-26-11-16)17(12-27-18(15)8-14)13-4-2-1-3-5-13/h1-8,16-17,25H,9-12H2,(H,21,23). The fourth-order valence-corrected chi connectivity index (χ4v) is 3.37. The van der Waals surface area contributed by atoms with E-state index in [-0.39, 0.29) is 24.5 Å². The second-order valence-electron chi connectivity index (χ2n) is 6.70. The number of hydrogen-bond donors (Lipinski definition) is 2. The molecule has 2 heterocycles. The van der Waals surface area contributed by atoms with Crippen LogP contribution >= 0.6 is 0 Å². The fourth-order valence-electron chi connectivity index (χ4n) is 3.37. The smallest absolute Gasteiger partial charge is 0.274 e. The van der Waals surface area contributed by atoms with E-state index in [0.717, 1.165) is 11.1 Å². The fraction of sp³-hybridized carbons (Fsp3) is 0.300. The highest BCUT2D eigenvalue weighted by Crippen LogP contribution is 2.34. The minimum atomic E-state index is -0.607. The predicted octanol–water partition coefficient (Wildman–Crippen LogP) is 1.91. The topological polar surface area (TPSA) is 88.1 Å². The van der Waals surface area contributed by atoms with Gasteiger partial charge in [-0.05, 0) is 17.7 Å². The van der Waals surface area contributed by atoms with Gasteiger partial charge in [0.1, 0.15) is 12.4 Å². The normalized spacial score (nSPS) is 19.3. The lowest BCUT2D eigenvalue weighted by Crippen LogP contribution is -2.46. The molecule has 7 heteroatoms. The van der Waals surface area contributed by atoms with Crippen LogP contribution in [-0.4, -0.2) is 41.7 Å². The Balaban J connectivity index is 1.69. The summed E-state index contributed by atoms with van der Waals surface area (Å²) in [5, 5.41) is 8.84. The number of benzene rings is 2. The first kappa shape index (κ1) is 17.5. The number of carbonyl (C=O) groups excluding carboxylic acids is 2. The van der Waals surface area contributed by atoms with E-state index in [9.17, 15) is 9.59 Å². The average molecular weight is 368 g/mol. The number of rotatable bonds is 3. The zero-order chi connectivity index (χ0) is 18.8. The van der Waals surface area contributed by atoms with E-state index >= 15 is 0 Å². The molecule has 140 valence electrons. The van der Waals surface area contributed by atoms with Crippen LogP contribution in [0.2, 0.25) is 0 Å². The van der Waals surface area contributed by atoms with Gasteiger partial charge in [0.2, 0.25) is 5.91 Å². The third-order valence-electron chi connectivity index (χ3n) is 5.00. The molecule has 2 aromatic carbocycles. The summed E-state index contributed by atoms with van der Waals surface area (Å²) < 4.78 is 11.2. The molecule has 0 aromatic heterocycles. The van der Waals surface area contributed by atoms with E-state index in [4.69, 9.17) is 14.7 Å². The van der Waals surface area contributed by atoms with E-state index in [1.54, 1.807) is 23.7 Å². The van der Waals surface area contributed by atoms with Crippen LogP contribution in [0.3, 0.4) is 0 Å². The third kappa shape index (κ3) is 3.39. The maximum atomic E-state index is 13.0. The molecule has 2 aliphatic heterocycles. The van der Waals surface area contributed by atoms with Crippen molar-refractivity contribution < 1.29 is 24.3 Å². The molecule has 1 fully saturated rings. The van der Waals surface area contributed by atoms with Gasteiger partial charge < -0.3 is 14.4 Å². The Bertz CT molecular complexity index is 851. The van der Waals surface area contributed by atoms with Gasteiger partial charge in [-0.2, -0.15) is 0 Å². The summed E-state index contributed by atoms with van der Waals surface area (Å²) in [5.74, 6) is -0.150. The largest absolute Gasteiger partial charge is 0.491 e.